The quantitative estimate of drug-likeness (QED) is 0.746. The van der Waals surface area contributed by atoms with Gasteiger partial charge in [-0.25, -0.2) is 0 Å². The van der Waals surface area contributed by atoms with E-state index < -0.39 is 11.8 Å². The number of hydrogen-bond acceptors (Lipinski definition) is 4. The Kier molecular flexibility index (Phi) is 5.12. The molecule has 140 valence electrons. The average Bonchev–Trinajstić information content (AvgIpc) is 2.63. The lowest BCUT2D eigenvalue weighted by Gasteiger charge is -2.36. The standard InChI is InChI=1S/C20H22N4O3/c1-12-6-7-13-4-2-3-5-17(13)24(12)11-18(25)23-16-9-14(19(21)26)8-15(10-16)20(22)27/h2-5,8-10,12H,6-7,11H2,1H3,(H2,21,26)(H2,22,27)(H,23,25). The molecule has 1 heterocycles. The van der Waals surface area contributed by atoms with Crippen LogP contribution in [-0.4, -0.2) is 30.3 Å². The second kappa shape index (κ2) is 7.49. The summed E-state index contributed by atoms with van der Waals surface area (Å²) in [5, 5.41) is 2.73. The summed E-state index contributed by atoms with van der Waals surface area (Å²) < 4.78 is 0. The number of nitrogens with zero attached hydrogens (tertiary/aromatic N) is 1. The number of primary amides is 2. The van der Waals surface area contributed by atoms with Crippen molar-refractivity contribution < 1.29 is 14.4 Å². The summed E-state index contributed by atoms with van der Waals surface area (Å²) in [6.45, 7) is 2.24. The molecule has 0 bridgehead atoms. The molecule has 7 nitrogen and oxygen atoms in total. The van der Waals surface area contributed by atoms with Crippen molar-refractivity contribution in [1.82, 2.24) is 0 Å². The maximum Gasteiger partial charge on any atom is 0.248 e. The van der Waals surface area contributed by atoms with Gasteiger partial charge in [0.25, 0.3) is 0 Å². The first kappa shape index (κ1) is 18.4. The third-order valence-corrected chi connectivity index (χ3v) is 4.76. The lowest BCUT2D eigenvalue weighted by atomic mass is 9.96. The Bertz CT molecular complexity index is 878. The molecule has 27 heavy (non-hydrogen) atoms. The predicted molar refractivity (Wildman–Crippen MR) is 104 cm³/mol. The van der Waals surface area contributed by atoms with Crippen molar-refractivity contribution in [3.63, 3.8) is 0 Å². The highest BCUT2D eigenvalue weighted by Gasteiger charge is 2.24. The van der Waals surface area contributed by atoms with E-state index in [4.69, 9.17) is 11.5 Å². The van der Waals surface area contributed by atoms with E-state index in [1.807, 2.05) is 18.2 Å². The van der Waals surface area contributed by atoms with E-state index in [9.17, 15) is 14.4 Å². The third kappa shape index (κ3) is 4.08. The van der Waals surface area contributed by atoms with Gasteiger partial charge >= 0.3 is 0 Å². The van der Waals surface area contributed by atoms with Crippen molar-refractivity contribution in [3.8, 4) is 0 Å². The van der Waals surface area contributed by atoms with Gasteiger partial charge in [0.05, 0.1) is 6.54 Å². The topological polar surface area (TPSA) is 119 Å². The molecule has 2 aromatic carbocycles. The van der Waals surface area contributed by atoms with Crippen LogP contribution >= 0.6 is 0 Å². The van der Waals surface area contributed by atoms with Crippen LogP contribution in [0.15, 0.2) is 42.5 Å². The molecule has 7 heteroatoms. The molecule has 1 aliphatic heterocycles. The summed E-state index contributed by atoms with van der Waals surface area (Å²) in [6.07, 6.45) is 1.95. The fraction of sp³-hybridized carbons (Fsp3) is 0.250. The Balaban J connectivity index is 1.80. The van der Waals surface area contributed by atoms with E-state index >= 15 is 0 Å². The van der Waals surface area contributed by atoms with Crippen LogP contribution in [0, 0.1) is 0 Å². The molecular weight excluding hydrogens is 344 g/mol. The number of benzene rings is 2. The van der Waals surface area contributed by atoms with Gasteiger partial charge in [-0.05, 0) is 49.6 Å². The smallest absolute Gasteiger partial charge is 0.248 e. The van der Waals surface area contributed by atoms with Crippen LogP contribution in [0.5, 0.6) is 0 Å². The second-order valence-electron chi connectivity index (χ2n) is 6.72. The molecule has 0 spiro atoms. The molecule has 3 rings (SSSR count). The van der Waals surface area contributed by atoms with Gasteiger partial charge in [0, 0.05) is 28.5 Å². The molecule has 0 saturated heterocycles. The zero-order valence-electron chi connectivity index (χ0n) is 15.1. The Morgan fingerprint density at radius 1 is 1.07 bits per heavy atom. The van der Waals surface area contributed by atoms with Crippen molar-refractivity contribution in [2.24, 2.45) is 11.5 Å². The number of hydrogen-bond donors (Lipinski definition) is 3. The Hall–Kier alpha value is -3.35. The minimum atomic E-state index is -0.702. The van der Waals surface area contributed by atoms with Crippen molar-refractivity contribution in [2.75, 3.05) is 16.8 Å². The van der Waals surface area contributed by atoms with Crippen LogP contribution in [0.1, 0.15) is 39.6 Å². The number of nitrogens with two attached hydrogens (primary N) is 2. The van der Waals surface area contributed by atoms with E-state index in [1.165, 1.54) is 23.8 Å². The number of fused-ring (bicyclic) bond motifs is 1. The van der Waals surface area contributed by atoms with E-state index in [0.29, 0.717) is 5.69 Å². The first-order valence-corrected chi connectivity index (χ1v) is 8.74. The number of carbonyl (C=O) groups is 3. The van der Waals surface area contributed by atoms with E-state index in [0.717, 1.165) is 18.5 Å². The zero-order chi connectivity index (χ0) is 19.6. The molecule has 0 radical (unpaired) electrons. The summed E-state index contributed by atoms with van der Waals surface area (Å²) >= 11 is 0. The number of rotatable bonds is 5. The molecule has 0 aliphatic carbocycles. The monoisotopic (exact) mass is 366 g/mol. The number of carbonyl (C=O) groups excluding carboxylic acids is 3. The van der Waals surface area contributed by atoms with Crippen molar-refractivity contribution >= 4 is 29.1 Å². The van der Waals surface area contributed by atoms with Gasteiger partial charge in [0.1, 0.15) is 0 Å². The van der Waals surface area contributed by atoms with Crippen LogP contribution in [0.4, 0.5) is 11.4 Å². The summed E-state index contributed by atoms with van der Waals surface area (Å²) in [5.74, 6) is -1.66. The first-order valence-electron chi connectivity index (χ1n) is 8.74. The second-order valence-corrected chi connectivity index (χ2v) is 6.72. The Morgan fingerprint density at radius 3 is 2.33 bits per heavy atom. The number of amides is 3. The lowest BCUT2D eigenvalue weighted by Crippen LogP contribution is -2.42. The fourth-order valence-electron chi connectivity index (χ4n) is 3.34. The van der Waals surface area contributed by atoms with Crippen molar-refractivity contribution in [2.45, 2.75) is 25.8 Å². The molecule has 3 amide bonds. The van der Waals surface area contributed by atoms with Gasteiger partial charge in [0.2, 0.25) is 17.7 Å². The van der Waals surface area contributed by atoms with Crippen LogP contribution in [0.2, 0.25) is 0 Å². The number of anilines is 2. The lowest BCUT2D eigenvalue weighted by molar-refractivity contribution is -0.115. The van der Waals surface area contributed by atoms with Gasteiger partial charge in [-0.1, -0.05) is 18.2 Å². The average molecular weight is 366 g/mol. The number of para-hydroxylation sites is 1. The molecular formula is C20H22N4O3. The molecule has 1 unspecified atom stereocenters. The van der Waals surface area contributed by atoms with Crippen molar-refractivity contribution in [3.05, 3.63) is 59.2 Å². The summed E-state index contributed by atoms with van der Waals surface area (Å²) in [5.41, 5.74) is 13.4. The summed E-state index contributed by atoms with van der Waals surface area (Å²) in [4.78, 5) is 37.6. The fourth-order valence-corrected chi connectivity index (χ4v) is 3.34. The first-order chi connectivity index (χ1) is 12.8. The van der Waals surface area contributed by atoms with Crippen LogP contribution in [-0.2, 0) is 11.2 Å². The molecule has 0 aromatic heterocycles. The molecule has 0 saturated carbocycles. The minimum absolute atomic E-state index is 0.110. The highest BCUT2D eigenvalue weighted by atomic mass is 16.2. The Labute approximate surface area is 157 Å². The van der Waals surface area contributed by atoms with Gasteiger partial charge in [-0.2, -0.15) is 0 Å². The van der Waals surface area contributed by atoms with Gasteiger partial charge < -0.3 is 21.7 Å². The molecule has 0 fully saturated rings. The molecule has 5 N–H and O–H groups in total. The Morgan fingerprint density at radius 2 is 1.70 bits per heavy atom. The van der Waals surface area contributed by atoms with E-state index in [-0.39, 0.29) is 29.6 Å². The van der Waals surface area contributed by atoms with Gasteiger partial charge in [-0.15, -0.1) is 0 Å². The van der Waals surface area contributed by atoms with Crippen LogP contribution in [0.25, 0.3) is 0 Å². The highest BCUT2D eigenvalue weighted by Crippen LogP contribution is 2.30. The van der Waals surface area contributed by atoms with E-state index in [2.05, 4.69) is 23.2 Å². The van der Waals surface area contributed by atoms with Gasteiger partial charge in [-0.3, -0.25) is 14.4 Å². The van der Waals surface area contributed by atoms with Gasteiger partial charge in [0.15, 0.2) is 0 Å². The third-order valence-electron chi connectivity index (χ3n) is 4.76. The van der Waals surface area contributed by atoms with Crippen LogP contribution in [0.3, 0.4) is 0 Å². The zero-order valence-corrected chi connectivity index (χ0v) is 15.1. The maximum absolute atomic E-state index is 12.6. The molecule has 1 aliphatic rings. The SMILES string of the molecule is CC1CCc2ccccc2N1CC(=O)Nc1cc(C(N)=O)cc(C(N)=O)c1. The summed E-state index contributed by atoms with van der Waals surface area (Å²) in [7, 11) is 0. The van der Waals surface area contributed by atoms with Crippen molar-refractivity contribution in [1.29, 1.82) is 0 Å². The normalized spacial score (nSPS) is 15.7. The summed E-state index contributed by atoms with van der Waals surface area (Å²) in [6, 6.07) is 12.4. The highest BCUT2D eigenvalue weighted by molar-refractivity contribution is 6.02. The minimum Gasteiger partial charge on any atom is -0.366 e. The van der Waals surface area contributed by atoms with Crippen LogP contribution < -0.4 is 21.7 Å². The number of nitrogens with one attached hydrogen (secondary N) is 1. The predicted octanol–water partition coefficient (Wildman–Crippen LogP) is 1.66. The van der Waals surface area contributed by atoms with E-state index in [1.54, 1.807) is 0 Å². The molecule has 2 aromatic rings. The molecule has 1 atom stereocenters. The number of aryl methyl sites for hydroxylation is 1. The largest absolute Gasteiger partial charge is 0.366 e. The maximum atomic E-state index is 12.6.